The molecule has 0 unspecified atom stereocenters. The molecule has 98 valence electrons. The molecule has 0 aromatic heterocycles. The smallest absolute Gasteiger partial charge is 0.322 e. The molecule has 0 aliphatic heterocycles. The number of carbonyl (C=O) groups excluding carboxylic acids is 1. The molecule has 0 aliphatic carbocycles. The van der Waals surface area contributed by atoms with Crippen molar-refractivity contribution in [1.82, 2.24) is 5.32 Å². The zero-order chi connectivity index (χ0) is 13.7. The number of hydrogen-bond donors (Lipinski definition) is 2. The molecule has 18 heavy (non-hydrogen) atoms. The van der Waals surface area contributed by atoms with Gasteiger partial charge in [-0.3, -0.25) is 9.59 Å². The van der Waals surface area contributed by atoms with Crippen LogP contribution < -0.4 is 10.2 Å². The van der Waals surface area contributed by atoms with Crippen LogP contribution in [0.5, 0.6) is 0 Å². The number of carbonyl (C=O) groups is 2. The first kappa shape index (κ1) is 14.0. The lowest BCUT2D eigenvalue weighted by Gasteiger charge is -2.21. The molecule has 0 bridgehead atoms. The van der Waals surface area contributed by atoms with Gasteiger partial charge in [-0.05, 0) is 31.0 Å². The van der Waals surface area contributed by atoms with Crippen LogP contribution in [0.25, 0.3) is 0 Å². The molecular formula is C13H18N2O3. The Bertz CT molecular complexity index is 458. The van der Waals surface area contributed by atoms with Gasteiger partial charge < -0.3 is 15.3 Å². The third-order valence-electron chi connectivity index (χ3n) is 2.59. The molecule has 0 saturated heterocycles. The van der Waals surface area contributed by atoms with E-state index >= 15 is 0 Å². The second-order valence-corrected chi connectivity index (χ2v) is 4.32. The Morgan fingerprint density at radius 1 is 1.33 bits per heavy atom. The zero-order valence-corrected chi connectivity index (χ0v) is 10.9. The summed E-state index contributed by atoms with van der Waals surface area (Å²) in [6.45, 7) is 3.75. The van der Waals surface area contributed by atoms with Crippen molar-refractivity contribution in [3.8, 4) is 0 Å². The van der Waals surface area contributed by atoms with Gasteiger partial charge in [-0.2, -0.15) is 0 Å². The van der Waals surface area contributed by atoms with E-state index in [9.17, 15) is 9.59 Å². The van der Waals surface area contributed by atoms with Gasteiger partial charge in [-0.25, -0.2) is 0 Å². The van der Waals surface area contributed by atoms with Crippen LogP contribution in [0.4, 0.5) is 5.69 Å². The van der Waals surface area contributed by atoms with Crippen LogP contribution in [0.3, 0.4) is 0 Å². The molecule has 1 rings (SSSR count). The molecule has 1 amide bonds. The highest BCUT2D eigenvalue weighted by atomic mass is 16.4. The minimum atomic E-state index is -1.04. The van der Waals surface area contributed by atoms with E-state index in [1.807, 2.05) is 39.1 Å². The highest BCUT2D eigenvalue weighted by Crippen LogP contribution is 2.19. The molecule has 0 aliphatic rings. The Morgan fingerprint density at radius 2 is 2.00 bits per heavy atom. The summed E-state index contributed by atoms with van der Waals surface area (Å²) in [6, 6.07) is 6.01. The Labute approximate surface area is 106 Å². The second kappa shape index (κ2) is 6.05. The fraction of sp³-hybridized carbons (Fsp3) is 0.385. The van der Waals surface area contributed by atoms with Crippen molar-refractivity contribution in [2.75, 3.05) is 25.0 Å². The number of aliphatic carboxylic acids is 1. The number of benzene rings is 1. The lowest BCUT2D eigenvalue weighted by Crippen LogP contribution is -2.37. The molecule has 0 fully saturated rings. The van der Waals surface area contributed by atoms with E-state index in [1.165, 1.54) is 0 Å². The molecule has 1 aromatic carbocycles. The summed E-state index contributed by atoms with van der Waals surface area (Å²) < 4.78 is 0. The Balaban J connectivity index is 2.64. The minimum absolute atomic E-state index is 0.136. The van der Waals surface area contributed by atoms with Gasteiger partial charge in [-0.1, -0.05) is 12.1 Å². The first-order valence-corrected chi connectivity index (χ1v) is 5.67. The molecule has 1 aromatic rings. The molecule has 0 saturated carbocycles. The molecule has 0 heterocycles. The quantitative estimate of drug-likeness (QED) is 0.816. The summed E-state index contributed by atoms with van der Waals surface area (Å²) in [4.78, 5) is 23.6. The van der Waals surface area contributed by atoms with E-state index in [-0.39, 0.29) is 19.0 Å². The summed E-state index contributed by atoms with van der Waals surface area (Å²) in [5.74, 6) is -1.35. The van der Waals surface area contributed by atoms with Gasteiger partial charge in [0.25, 0.3) is 0 Å². The number of carboxylic acid groups (broad SMARTS) is 1. The lowest BCUT2D eigenvalue weighted by molar-refractivity contribution is -0.137. The van der Waals surface area contributed by atoms with Crippen molar-refractivity contribution in [2.24, 2.45) is 0 Å². The third kappa shape index (κ3) is 4.08. The van der Waals surface area contributed by atoms with Crippen molar-refractivity contribution in [1.29, 1.82) is 0 Å². The van der Waals surface area contributed by atoms with Gasteiger partial charge in [0, 0.05) is 12.7 Å². The zero-order valence-electron chi connectivity index (χ0n) is 10.9. The van der Waals surface area contributed by atoms with E-state index in [1.54, 1.807) is 4.90 Å². The Morgan fingerprint density at radius 3 is 2.61 bits per heavy atom. The topological polar surface area (TPSA) is 69.6 Å². The molecular weight excluding hydrogens is 232 g/mol. The van der Waals surface area contributed by atoms with E-state index in [0.29, 0.717) is 0 Å². The van der Waals surface area contributed by atoms with Crippen LogP contribution in [0.15, 0.2) is 18.2 Å². The second-order valence-electron chi connectivity index (χ2n) is 4.32. The van der Waals surface area contributed by atoms with Crippen LogP contribution in [-0.4, -0.2) is 37.1 Å². The molecule has 2 N–H and O–H groups in total. The number of rotatable bonds is 5. The maximum Gasteiger partial charge on any atom is 0.322 e. The van der Waals surface area contributed by atoms with Crippen LogP contribution in [0.1, 0.15) is 11.1 Å². The highest BCUT2D eigenvalue weighted by molar-refractivity contribution is 5.84. The van der Waals surface area contributed by atoms with Crippen molar-refractivity contribution < 1.29 is 14.7 Å². The van der Waals surface area contributed by atoms with Crippen molar-refractivity contribution in [3.05, 3.63) is 29.3 Å². The standard InChI is InChI=1S/C13H18N2O3/c1-9-4-5-10(2)11(6-9)15(3)8-12(16)14-7-13(17)18/h4-6H,7-8H2,1-3H3,(H,14,16)(H,17,18). The average Bonchev–Trinajstić information content (AvgIpc) is 2.29. The molecule has 0 spiro atoms. The summed E-state index contributed by atoms with van der Waals surface area (Å²) in [6.07, 6.45) is 0. The number of likely N-dealkylation sites (N-methyl/N-ethyl adjacent to an activating group) is 1. The van der Waals surface area contributed by atoms with E-state index in [2.05, 4.69) is 5.32 Å². The van der Waals surface area contributed by atoms with Gasteiger partial charge in [0.05, 0.1) is 6.54 Å². The number of nitrogens with one attached hydrogen (secondary N) is 1. The van der Waals surface area contributed by atoms with Crippen molar-refractivity contribution in [3.63, 3.8) is 0 Å². The van der Waals surface area contributed by atoms with Crippen molar-refractivity contribution in [2.45, 2.75) is 13.8 Å². The molecule has 0 atom stereocenters. The number of carboxylic acids is 1. The molecule has 5 heteroatoms. The SMILES string of the molecule is Cc1ccc(C)c(N(C)CC(=O)NCC(=O)O)c1. The predicted molar refractivity (Wildman–Crippen MR) is 69.8 cm³/mol. The normalized spacial score (nSPS) is 9.94. The van der Waals surface area contributed by atoms with Gasteiger partial charge in [0.1, 0.15) is 6.54 Å². The summed E-state index contributed by atoms with van der Waals surface area (Å²) in [5, 5.41) is 10.8. The maximum atomic E-state index is 11.5. The van der Waals surface area contributed by atoms with E-state index in [4.69, 9.17) is 5.11 Å². The number of anilines is 1. The largest absolute Gasteiger partial charge is 0.480 e. The first-order chi connectivity index (χ1) is 8.40. The summed E-state index contributed by atoms with van der Waals surface area (Å²) in [5.41, 5.74) is 3.17. The molecule has 0 radical (unpaired) electrons. The maximum absolute atomic E-state index is 11.5. The van der Waals surface area contributed by atoms with Gasteiger partial charge in [0.15, 0.2) is 0 Å². The van der Waals surface area contributed by atoms with Crippen LogP contribution in [0, 0.1) is 13.8 Å². The first-order valence-electron chi connectivity index (χ1n) is 5.67. The fourth-order valence-corrected chi connectivity index (χ4v) is 1.66. The monoisotopic (exact) mass is 250 g/mol. The van der Waals surface area contributed by atoms with Gasteiger partial charge in [0.2, 0.25) is 5.91 Å². The van der Waals surface area contributed by atoms with Crippen LogP contribution >= 0.6 is 0 Å². The van der Waals surface area contributed by atoms with E-state index < -0.39 is 5.97 Å². The predicted octanol–water partition coefficient (Wildman–Crippen LogP) is 0.940. The third-order valence-corrected chi connectivity index (χ3v) is 2.59. The van der Waals surface area contributed by atoms with Crippen molar-refractivity contribution >= 4 is 17.6 Å². The van der Waals surface area contributed by atoms with Crippen LogP contribution in [-0.2, 0) is 9.59 Å². The highest BCUT2D eigenvalue weighted by Gasteiger charge is 2.10. The number of amides is 1. The Hall–Kier alpha value is -2.04. The average molecular weight is 250 g/mol. The van der Waals surface area contributed by atoms with Crippen LogP contribution in [0.2, 0.25) is 0 Å². The minimum Gasteiger partial charge on any atom is -0.480 e. The Kier molecular flexibility index (Phi) is 4.71. The summed E-state index contributed by atoms with van der Waals surface area (Å²) in [7, 11) is 1.81. The lowest BCUT2D eigenvalue weighted by atomic mass is 10.1. The van der Waals surface area contributed by atoms with Gasteiger partial charge in [-0.15, -0.1) is 0 Å². The van der Waals surface area contributed by atoms with E-state index in [0.717, 1.165) is 16.8 Å². The fourth-order valence-electron chi connectivity index (χ4n) is 1.66. The molecule has 5 nitrogen and oxygen atoms in total. The number of aryl methyl sites for hydroxylation is 2. The number of nitrogens with zero attached hydrogens (tertiary/aromatic N) is 1. The number of hydrogen-bond acceptors (Lipinski definition) is 3. The van der Waals surface area contributed by atoms with Gasteiger partial charge >= 0.3 is 5.97 Å². The summed E-state index contributed by atoms with van der Waals surface area (Å²) >= 11 is 0.